The summed E-state index contributed by atoms with van der Waals surface area (Å²) in [4.78, 5) is 0. The van der Waals surface area contributed by atoms with E-state index < -0.39 is 0 Å². The number of aliphatic hydroxyl groups excluding tert-OH is 1. The molecular formula is C4H10ClNO. The highest BCUT2D eigenvalue weighted by Gasteiger charge is 1.73. The second-order valence-electron chi connectivity index (χ2n) is 1.33. The molecule has 0 fully saturated rings. The minimum absolute atomic E-state index is 0. The third-order valence-corrected chi connectivity index (χ3v) is 0.447. The normalized spacial score (nSPS) is 6.71. The Labute approximate surface area is 49.9 Å². The van der Waals surface area contributed by atoms with E-state index in [4.69, 9.17) is 5.11 Å². The van der Waals surface area contributed by atoms with Crippen molar-refractivity contribution in [2.24, 2.45) is 0 Å². The van der Waals surface area contributed by atoms with Crippen LogP contribution < -0.4 is 12.4 Å². The molecule has 3 heteroatoms. The molecule has 1 N–H and O–H groups in total. The fourth-order valence-corrected chi connectivity index (χ4v) is 0.163. The largest absolute Gasteiger partial charge is 1.00 e. The Kier molecular flexibility index (Phi) is 8.47. The van der Waals surface area contributed by atoms with Gasteiger partial charge in [-0.15, -0.1) is 0 Å². The van der Waals surface area contributed by atoms with Crippen LogP contribution >= 0.6 is 0 Å². The Morgan fingerprint density at radius 2 is 2.00 bits per heavy atom. The Morgan fingerprint density at radius 1 is 1.57 bits per heavy atom. The van der Waals surface area contributed by atoms with Crippen molar-refractivity contribution in [1.29, 1.82) is 0 Å². The van der Waals surface area contributed by atoms with Gasteiger partial charge < -0.3 is 17.5 Å². The predicted octanol–water partition coefficient (Wildman–Crippen LogP) is -3.67. The molecule has 0 aliphatic rings. The molecule has 0 aliphatic heterocycles. The highest BCUT2D eigenvalue weighted by atomic mass is 35.5. The van der Waals surface area contributed by atoms with Gasteiger partial charge in [-0.2, -0.15) is 0 Å². The molecule has 2 nitrogen and oxygen atoms in total. The van der Waals surface area contributed by atoms with Crippen molar-refractivity contribution in [3.05, 3.63) is 0 Å². The molecule has 0 unspecified atom stereocenters. The first-order valence-corrected chi connectivity index (χ1v) is 1.88. The van der Waals surface area contributed by atoms with Crippen molar-refractivity contribution in [3.8, 4) is 0 Å². The lowest BCUT2D eigenvalue weighted by Crippen LogP contribution is -3.00. The van der Waals surface area contributed by atoms with Gasteiger partial charge in [0.15, 0.2) is 6.21 Å². The Hall–Kier alpha value is -0.0800. The molecular weight excluding hydrogens is 114 g/mol. The molecule has 0 aromatic rings. The molecule has 0 aliphatic carbocycles. The molecule has 0 aromatic heterocycles. The Morgan fingerprint density at radius 3 is 2.00 bits per heavy atom. The van der Waals surface area contributed by atoms with E-state index in [2.05, 4.69) is 0 Å². The number of aliphatic hydroxyl groups is 1. The van der Waals surface area contributed by atoms with Crippen LogP contribution in [0.3, 0.4) is 0 Å². The zero-order chi connectivity index (χ0) is 4.99. The SMILES string of the molecule is C[N+](C)=CCO.[Cl-]. The summed E-state index contributed by atoms with van der Waals surface area (Å²) in [5.74, 6) is 0. The number of halogens is 1. The molecule has 0 heterocycles. The van der Waals surface area contributed by atoms with Crippen molar-refractivity contribution in [2.45, 2.75) is 0 Å². The summed E-state index contributed by atoms with van der Waals surface area (Å²) >= 11 is 0. The molecule has 0 aromatic carbocycles. The summed E-state index contributed by atoms with van der Waals surface area (Å²) in [6, 6.07) is 0. The van der Waals surface area contributed by atoms with Crippen molar-refractivity contribution >= 4 is 6.21 Å². The van der Waals surface area contributed by atoms with Gasteiger partial charge in [0.1, 0.15) is 20.7 Å². The average Bonchev–Trinajstić information content (AvgIpc) is 1.35. The molecule has 0 rings (SSSR count). The highest BCUT2D eigenvalue weighted by molar-refractivity contribution is 5.51. The number of rotatable bonds is 1. The first kappa shape index (κ1) is 10.0. The molecule has 0 radical (unpaired) electrons. The Bertz CT molecular complexity index is 58.7. The third-order valence-electron chi connectivity index (χ3n) is 0.447. The summed E-state index contributed by atoms with van der Waals surface area (Å²) in [6.07, 6.45) is 1.68. The van der Waals surface area contributed by atoms with Crippen molar-refractivity contribution in [2.75, 3.05) is 20.7 Å². The quantitative estimate of drug-likeness (QED) is 0.282. The van der Waals surface area contributed by atoms with Gasteiger partial charge in [-0.25, -0.2) is 4.58 Å². The smallest absolute Gasteiger partial charge is 0.164 e. The molecule has 0 bridgehead atoms. The van der Waals surface area contributed by atoms with E-state index in [1.165, 1.54) is 0 Å². The van der Waals surface area contributed by atoms with Crippen molar-refractivity contribution in [3.63, 3.8) is 0 Å². The molecule has 0 spiro atoms. The topological polar surface area (TPSA) is 23.2 Å². The summed E-state index contributed by atoms with van der Waals surface area (Å²) < 4.78 is 1.81. The molecule has 44 valence electrons. The molecule has 7 heavy (non-hydrogen) atoms. The number of hydrogen-bond donors (Lipinski definition) is 1. The molecule has 0 atom stereocenters. The van der Waals surface area contributed by atoms with Crippen LogP contribution in [0.25, 0.3) is 0 Å². The van der Waals surface area contributed by atoms with Gasteiger partial charge >= 0.3 is 0 Å². The summed E-state index contributed by atoms with van der Waals surface area (Å²) in [5.41, 5.74) is 0. The van der Waals surface area contributed by atoms with Crippen molar-refractivity contribution in [1.82, 2.24) is 0 Å². The lowest BCUT2D eigenvalue weighted by Gasteiger charge is -1.76. The van der Waals surface area contributed by atoms with E-state index in [0.717, 1.165) is 0 Å². The number of nitrogens with zero attached hydrogens (tertiary/aromatic N) is 1. The van der Waals surface area contributed by atoms with E-state index in [1.807, 2.05) is 14.1 Å². The minimum Gasteiger partial charge on any atom is -1.00 e. The maximum atomic E-state index is 8.14. The minimum atomic E-state index is 0. The van der Waals surface area contributed by atoms with Gasteiger partial charge in [0.05, 0.1) is 0 Å². The van der Waals surface area contributed by atoms with Crippen LogP contribution in [0.1, 0.15) is 0 Å². The first-order chi connectivity index (χ1) is 2.77. The van der Waals surface area contributed by atoms with E-state index in [-0.39, 0.29) is 19.0 Å². The maximum absolute atomic E-state index is 8.14. The standard InChI is InChI=1S/C4H10NO.ClH/c1-5(2)3-4-6;/h3,6H,4H2,1-2H3;1H/q+1;/p-1. The lowest BCUT2D eigenvalue weighted by molar-refractivity contribution is -0.460. The Balaban J connectivity index is 0. The fraction of sp³-hybridized carbons (Fsp3) is 0.750. The third kappa shape index (κ3) is 10.7. The predicted molar refractivity (Wildman–Crippen MR) is 25.3 cm³/mol. The van der Waals surface area contributed by atoms with Crippen LogP contribution in [0.5, 0.6) is 0 Å². The molecule has 0 amide bonds. The van der Waals surface area contributed by atoms with Gasteiger partial charge in [-0.05, 0) is 0 Å². The summed E-state index contributed by atoms with van der Waals surface area (Å²) in [6.45, 7) is 0.132. The number of hydrogen-bond acceptors (Lipinski definition) is 1. The maximum Gasteiger partial charge on any atom is 0.164 e. The van der Waals surface area contributed by atoms with Crippen LogP contribution in [0.2, 0.25) is 0 Å². The zero-order valence-electron chi connectivity index (χ0n) is 4.56. The molecule has 0 saturated heterocycles. The second kappa shape index (κ2) is 5.92. The van der Waals surface area contributed by atoms with Crippen LogP contribution in [0, 0.1) is 0 Å². The highest BCUT2D eigenvalue weighted by Crippen LogP contribution is 1.47. The van der Waals surface area contributed by atoms with Crippen LogP contribution in [0.15, 0.2) is 0 Å². The van der Waals surface area contributed by atoms with Gasteiger partial charge in [0.2, 0.25) is 0 Å². The van der Waals surface area contributed by atoms with Gasteiger partial charge in [-0.1, -0.05) is 0 Å². The van der Waals surface area contributed by atoms with Crippen LogP contribution in [0.4, 0.5) is 0 Å². The van der Waals surface area contributed by atoms with E-state index in [1.54, 1.807) is 10.8 Å². The first-order valence-electron chi connectivity index (χ1n) is 1.88. The average molecular weight is 124 g/mol. The van der Waals surface area contributed by atoms with Crippen molar-refractivity contribution < 1.29 is 22.1 Å². The van der Waals surface area contributed by atoms with Crippen LogP contribution in [-0.2, 0) is 0 Å². The van der Waals surface area contributed by atoms with Gasteiger partial charge in [-0.3, -0.25) is 0 Å². The monoisotopic (exact) mass is 123 g/mol. The summed E-state index contributed by atoms with van der Waals surface area (Å²) in [7, 11) is 3.74. The fourth-order valence-electron chi connectivity index (χ4n) is 0.163. The van der Waals surface area contributed by atoms with E-state index in [0.29, 0.717) is 0 Å². The van der Waals surface area contributed by atoms with E-state index >= 15 is 0 Å². The van der Waals surface area contributed by atoms with Crippen LogP contribution in [-0.4, -0.2) is 36.6 Å². The van der Waals surface area contributed by atoms with Gasteiger partial charge in [0.25, 0.3) is 0 Å². The molecule has 0 saturated carbocycles. The zero-order valence-corrected chi connectivity index (χ0v) is 5.31. The van der Waals surface area contributed by atoms with Gasteiger partial charge in [0, 0.05) is 0 Å². The second-order valence-corrected chi connectivity index (χ2v) is 1.33. The van der Waals surface area contributed by atoms with E-state index in [9.17, 15) is 0 Å². The summed E-state index contributed by atoms with van der Waals surface area (Å²) in [5, 5.41) is 8.14. The lowest BCUT2D eigenvalue weighted by atomic mass is 10.8.